The number of fused-ring (bicyclic) bond motifs is 1. The highest BCUT2D eigenvalue weighted by Gasteiger charge is 2.38. The van der Waals surface area contributed by atoms with Gasteiger partial charge in [-0.3, -0.25) is 0 Å². The molecule has 2 rings (SSSR count). The molecule has 0 radical (unpaired) electrons. The Balaban J connectivity index is 1.94. The van der Waals surface area contributed by atoms with Gasteiger partial charge in [0.15, 0.2) is 0 Å². The molecule has 0 unspecified atom stereocenters. The molecule has 1 aliphatic carbocycles. The number of amides is 1. The topological polar surface area (TPSA) is 29.5 Å². The van der Waals surface area contributed by atoms with Crippen molar-refractivity contribution in [1.82, 2.24) is 4.90 Å². The van der Waals surface area contributed by atoms with E-state index in [1.54, 1.807) is 0 Å². The van der Waals surface area contributed by atoms with Crippen LogP contribution in [0.2, 0.25) is 0 Å². The molecule has 0 aromatic rings. The molecule has 1 amide bonds. The molecule has 12 heavy (non-hydrogen) atoms. The fourth-order valence-corrected chi connectivity index (χ4v) is 2.51. The summed E-state index contributed by atoms with van der Waals surface area (Å²) in [6, 6.07) is 0. The maximum atomic E-state index is 11.1. The van der Waals surface area contributed by atoms with Crippen LogP contribution in [0, 0.1) is 11.8 Å². The number of nitrogens with zero attached hydrogens (tertiary/aromatic N) is 1. The van der Waals surface area contributed by atoms with E-state index in [1.807, 2.05) is 4.90 Å². The Hall–Kier alpha value is -0.730. The molecule has 0 aromatic carbocycles. The summed E-state index contributed by atoms with van der Waals surface area (Å²) in [6.07, 6.45) is 3.81. The van der Waals surface area contributed by atoms with Crippen LogP contribution in [0.4, 0.5) is 4.79 Å². The van der Waals surface area contributed by atoms with Crippen molar-refractivity contribution < 1.29 is 9.53 Å². The molecule has 1 saturated carbocycles. The SMILES string of the molecule is COC(=O)N1C[C@H]2CCC[C@H]2C1. The van der Waals surface area contributed by atoms with Crippen LogP contribution < -0.4 is 0 Å². The average Bonchev–Trinajstić information content (AvgIpc) is 2.60. The lowest BCUT2D eigenvalue weighted by atomic mass is 10.0. The molecule has 1 saturated heterocycles. The van der Waals surface area contributed by atoms with E-state index >= 15 is 0 Å². The van der Waals surface area contributed by atoms with Gasteiger partial charge < -0.3 is 9.64 Å². The first kappa shape index (κ1) is 7.90. The number of ether oxygens (including phenoxy) is 1. The minimum absolute atomic E-state index is 0.149. The molecule has 0 N–H and O–H groups in total. The second-order valence-electron chi connectivity index (χ2n) is 3.83. The smallest absolute Gasteiger partial charge is 0.409 e. The quantitative estimate of drug-likeness (QED) is 0.549. The van der Waals surface area contributed by atoms with Crippen molar-refractivity contribution in [3.05, 3.63) is 0 Å². The molecule has 2 aliphatic rings. The van der Waals surface area contributed by atoms with Crippen LogP contribution in [0.25, 0.3) is 0 Å². The number of carbonyl (C=O) groups excluding carboxylic acids is 1. The van der Waals surface area contributed by atoms with Crippen LogP contribution in [-0.2, 0) is 4.74 Å². The number of methoxy groups -OCH3 is 1. The Morgan fingerprint density at radius 1 is 1.33 bits per heavy atom. The minimum Gasteiger partial charge on any atom is -0.453 e. The first-order chi connectivity index (χ1) is 5.81. The Kier molecular flexibility index (Phi) is 1.95. The number of hydrogen-bond donors (Lipinski definition) is 0. The third-order valence-corrected chi connectivity index (χ3v) is 3.16. The minimum atomic E-state index is -0.149. The molecule has 1 aliphatic heterocycles. The number of carbonyl (C=O) groups is 1. The first-order valence-corrected chi connectivity index (χ1v) is 4.64. The lowest BCUT2D eigenvalue weighted by Crippen LogP contribution is -2.29. The van der Waals surface area contributed by atoms with Crippen molar-refractivity contribution >= 4 is 6.09 Å². The van der Waals surface area contributed by atoms with Gasteiger partial charge in [-0.05, 0) is 24.7 Å². The summed E-state index contributed by atoms with van der Waals surface area (Å²) in [5.74, 6) is 1.54. The molecule has 1 heterocycles. The molecular weight excluding hydrogens is 154 g/mol. The Morgan fingerprint density at radius 3 is 2.42 bits per heavy atom. The molecule has 68 valence electrons. The second-order valence-corrected chi connectivity index (χ2v) is 3.83. The van der Waals surface area contributed by atoms with Gasteiger partial charge in [0, 0.05) is 13.1 Å². The molecule has 2 fully saturated rings. The fraction of sp³-hybridized carbons (Fsp3) is 0.889. The van der Waals surface area contributed by atoms with E-state index in [0.29, 0.717) is 0 Å². The van der Waals surface area contributed by atoms with Gasteiger partial charge in [-0.2, -0.15) is 0 Å². The second kappa shape index (κ2) is 2.96. The first-order valence-electron chi connectivity index (χ1n) is 4.64. The highest BCUT2D eigenvalue weighted by atomic mass is 16.5. The standard InChI is InChI=1S/C9H15NO2/c1-12-9(11)10-5-7-3-2-4-8(7)6-10/h7-8H,2-6H2,1H3/t7-,8+. The lowest BCUT2D eigenvalue weighted by Gasteiger charge is -2.14. The molecule has 2 atom stereocenters. The third kappa shape index (κ3) is 1.17. The van der Waals surface area contributed by atoms with E-state index in [-0.39, 0.29) is 6.09 Å². The van der Waals surface area contributed by atoms with Crippen molar-refractivity contribution in [3.63, 3.8) is 0 Å². The van der Waals surface area contributed by atoms with E-state index < -0.39 is 0 Å². The molecule has 0 aromatic heterocycles. The van der Waals surface area contributed by atoms with Gasteiger partial charge in [0.2, 0.25) is 0 Å². The molecule has 3 heteroatoms. The zero-order valence-electron chi connectivity index (χ0n) is 7.45. The molecule has 0 bridgehead atoms. The number of hydrogen-bond acceptors (Lipinski definition) is 2. The molecule has 0 spiro atoms. The van der Waals surface area contributed by atoms with Gasteiger partial charge in [-0.25, -0.2) is 4.79 Å². The largest absolute Gasteiger partial charge is 0.453 e. The summed E-state index contributed by atoms with van der Waals surface area (Å²) < 4.78 is 4.69. The Labute approximate surface area is 72.7 Å². The maximum absolute atomic E-state index is 11.1. The highest BCUT2D eigenvalue weighted by molar-refractivity contribution is 5.67. The van der Waals surface area contributed by atoms with Gasteiger partial charge >= 0.3 is 6.09 Å². The van der Waals surface area contributed by atoms with E-state index in [9.17, 15) is 4.79 Å². The predicted molar refractivity (Wildman–Crippen MR) is 44.8 cm³/mol. The normalized spacial score (nSPS) is 33.6. The van der Waals surface area contributed by atoms with E-state index in [4.69, 9.17) is 0 Å². The van der Waals surface area contributed by atoms with Crippen molar-refractivity contribution in [1.29, 1.82) is 0 Å². The van der Waals surface area contributed by atoms with E-state index in [2.05, 4.69) is 4.74 Å². The number of rotatable bonds is 0. The summed E-state index contributed by atoms with van der Waals surface area (Å²) in [7, 11) is 1.45. The Morgan fingerprint density at radius 2 is 1.92 bits per heavy atom. The highest BCUT2D eigenvalue weighted by Crippen LogP contribution is 2.37. The maximum Gasteiger partial charge on any atom is 0.409 e. The van der Waals surface area contributed by atoms with Crippen LogP contribution >= 0.6 is 0 Å². The molecular formula is C9H15NO2. The van der Waals surface area contributed by atoms with E-state index in [0.717, 1.165) is 24.9 Å². The fourth-order valence-electron chi connectivity index (χ4n) is 2.51. The zero-order chi connectivity index (χ0) is 8.55. The monoisotopic (exact) mass is 169 g/mol. The summed E-state index contributed by atoms with van der Waals surface area (Å²) in [6.45, 7) is 1.86. The van der Waals surface area contributed by atoms with Crippen LogP contribution in [0.15, 0.2) is 0 Å². The summed E-state index contributed by atoms with van der Waals surface area (Å²) >= 11 is 0. The molecule has 3 nitrogen and oxygen atoms in total. The van der Waals surface area contributed by atoms with Gasteiger partial charge in [-0.1, -0.05) is 6.42 Å². The predicted octanol–water partition coefficient (Wildman–Crippen LogP) is 1.48. The van der Waals surface area contributed by atoms with Crippen molar-refractivity contribution in [2.45, 2.75) is 19.3 Å². The van der Waals surface area contributed by atoms with Crippen molar-refractivity contribution in [3.8, 4) is 0 Å². The summed E-state index contributed by atoms with van der Waals surface area (Å²) in [5.41, 5.74) is 0. The number of likely N-dealkylation sites (tertiary alicyclic amines) is 1. The van der Waals surface area contributed by atoms with Crippen molar-refractivity contribution in [2.24, 2.45) is 11.8 Å². The lowest BCUT2D eigenvalue weighted by molar-refractivity contribution is 0.130. The van der Waals surface area contributed by atoms with Crippen LogP contribution in [-0.4, -0.2) is 31.2 Å². The van der Waals surface area contributed by atoms with Gasteiger partial charge in [0.1, 0.15) is 0 Å². The third-order valence-electron chi connectivity index (χ3n) is 3.16. The summed E-state index contributed by atoms with van der Waals surface area (Å²) in [5, 5.41) is 0. The summed E-state index contributed by atoms with van der Waals surface area (Å²) in [4.78, 5) is 13.0. The van der Waals surface area contributed by atoms with E-state index in [1.165, 1.54) is 26.4 Å². The van der Waals surface area contributed by atoms with Gasteiger partial charge in [0.25, 0.3) is 0 Å². The van der Waals surface area contributed by atoms with Crippen LogP contribution in [0.1, 0.15) is 19.3 Å². The van der Waals surface area contributed by atoms with Crippen LogP contribution in [0.3, 0.4) is 0 Å². The Bertz CT molecular complexity index is 181. The van der Waals surface area contributed by atoms with Crippen molar-refractivity contribution in [2.75, 3.05) is 20.2 Å². The van der Waals surface area contributed by atoms with Gasteiger partial charge in [-0.15, -0.1) is 0 Å². The van der Waals surface area contributed by atoms with Crippen LogP contribution in [0.5, 0.6) is 0 Å². The average molecular weight is 169 g/mol. The van der Waals surface area contributed by atoms with Gasteiger partial charge in [0.05, 0.1) is 7.11 Å². The zero-order valence-corrected chi connectivity index (χ0v) is 7.45.